The number of nitrogens with one attached hydrogen (secondary N) is 2. The lowest BCUT2D eigenvalue weighted by Crippen LogP contribution is -2.47. The van der Waals surface area contributed by atoms with Crippen LogP contribution in [-0.2, 0) is 9.53 Å². The second-order valence-electron chi connectivity index (χ2n) is 4.39. The van der Waals surface area contributed by atoms with E-state index in [0.29, 0.717) is 6.54 Å². The lowest BCUT2D eigenvalue weighted by atomic mass is 10.0. The molecule has 6 heteroatoms. The number of rotatable bonds is 3. The van der Waals surface area contributed by atoms with Crippen LogP contribution in [-0.4, -0.2) is 42.3 Å². The van der Waals surface area contributed by atoms with Crippen LogP contribution in [0.1, 0.15) is 19.8 Å². The summed E-state index contributed by atoms with van der Waals surface area (Å²) in [4.78, 5) is 11.7. The molecule has 2 unspecified atom stereocenters. The molecule has 2 aliphatic rings. The molecule has 0 aromatic heterocycles. The van der Waals surface area contributed by atoms with E-state index in [1.54, 1.807) is 11.8 Å². The van der Waals surface area contributed by atoms with Gasteiger partial charge in [0.25, 0.3) is 0 Å². The third-order valence-electron chi connectivity index (χ3n) is 2.97. The number of carbonyl (C=O) groups excluding carboxylic acids is 1. The predicted molar refractivity (Wildman–Crippen MR) is 68.1 cm³/mol. The lowest BCUT2D eigenvalue weighted by molar-refractivity contribution is -0.123. The Morgan fingerprint density at radius 3 is 3.06 bits per heavy atom. The van der Waals surface area contributed by atoms with Crippen molar-refractivity contribution in [2.75, 3.05) is 24.8 Å². The molecule has 0 spiro atoms. The number of ether oxygens (including phenoxy) is 1. The van der Waals surface area contributed by atoms with Crippen molar-refractivity contribution >= 4 is 30.1 Å². The average Bonchev–Trinajstić information content (AvgIpc) is 2.85. The van der Waals surface area contributed by atoms with Crippen molar-refractivity contribution in [2.24, 2.45) is 0 Å². The molecule has 4 nitrogen and oxygen atoms in total. The zero-order valence-corrected chi connectivity index (χ0v) is 11.1. The fraction of sp³-hybridized carbons (Fsp3) is 0.900. The van der Waals surface area contributed by atoms with Gasteiger partial charge in [-0.1, -0.05) is 0 Å². The van der Waals surface area contributed by atoms with Crippen molar-refractivity contribution in [3.63, 3.8) is 0 Å². The van der Waals surface area contributed by atoms with Gasteiger partial charge in [0.15, 0.2) is 0 Å². The van der Waals surface area contributed by atoms with Gasteiger partial charge in [0.1, 0.15) is 0 Å². The third-order valence-corrected chi connectivity index (χ3v) is 3.91. The van der Waals surface area contributed by atoms with Gasteiger partial charge >= 0.3 is 0 Å². The summed E-state index contributed by atoms with van der Waals surface area (Å²) in [5.41, 5.74) is -0.137. The van der Waals surface area contributed by atoms with E-state index >= 15 is 0 Å². The molecule has 1 amide bonds. The second kappa shape index (κ2) is 6.10. The number of hydrogen-bond acceptors (Lipinski definition) is 4. The largest absolute Gasteiger partial charge is 0.373 e. The highest BCUT2D eigenvalue weighted by atomic mass is 35.5. The highest BCUT2D eigenvalue weighted by Crippen LogP contribution is 2.23. The quantitative estimate of drug-likeness (QED) is 0.792. The van der Waals surface area contributed by atoms with E-state index in [1.807, 2.05) is 0 Å². The van der Waals surface area contributed by atoms with Crippen molar-refractivity contribution in [3.8, 4) is 0 Å². The zero-order valence-electron chi connectivity index (χ0n) is 9.45. The molecule has 2 rings (SSSR count). The van der Waals surface area contributed by atoms with E-state index < -0.39 is 0 Å². The first-order valence-electron chi connectivity index (χ1n) is 5.42. The van der Waals surface area contributed by atoms with Gasteiger partial charge < -0.3 is 10.1 Å². The van der Waals surface area contributed by atoms with Gasteiger partial charge in [-0.15, -0.1) is 24.2 Å². The van der Waals surface area contributed by atoms with E-state index in [2.05, 4.69) is 17.6 Å². The number of carbonyl (C=O) groups is 1. The van der Waals surface area contributed by atoms with E-state index in [0.717, 1.165) is 31.1 Å². The van der Waals surface area contributed by atoms with Gasteiger partial charge in [0, 0.05) is 24.8 Å². The Kier molecular flexibility index (Phi) is 5.37. The Bertz CT molecular complexity index is 241. The molecular weight excluding hydrogens is 248 g/mol. The van der Waals surface area contributed by atoms with Crippen molar-refractivity contribution in [3.05, 3.63) is 0 Å². The topological polar surface area (TPSA) is 50.4 Å². The maximum absolute atomic E-state index is 11.7. The first-order valence-corrected chi connectivity index (χ1v) is 6.58. The van der Waals surface area contributed by atoms with Crippen LogP contribution in [0.5, 0.6) is 0 Å². The molecule has 94 valence electrons. The van der Waals surface area contributed by atoms with E-state index in [9.17, 15) is 4.79 Å². The highest BCUT2D eigenvalue weighted by molar-refractivity contribution is 7.99. The Hall–Kier alpha value is 0.0300. The second-order valence-corrected chi connectivity index (χ2v) is 5.42. The average molecular weight is 267 g/mol. The molecule has 0 aromatic rings. The first-order chi connectivity index (χ1) is 7.20. The Labute approximate surface area is 107 Å². The summed E-state index contributed by atoms with van der Waals surface area (Å²) in [5, 5.41) is 6.12. The predicted octanol–water partition coefficient (Wildman–Crippen LogP) is 0.756. The maximum Gasteiger partial charge on any atom is 0.238 e. The standard InChI is InChI=1S/C10H18N2O2S.ClH/c1-10(3-2-4-14-10)6-11-9(13)8-5-15-7-12-8;/h8,12H,2-7H2,1H3,(H,11,13);1H. The van der Waals surface area contributed by atoms with Crippen LogP contribution in [0.4, 0.5) is 0 Å². The summed E-state index contributed by atoms with van der Waals surface area (Å²) in [7, 11) is 0. The molecule has 2 fully saturated rings. The Balaban J connectivity index is 0.00000128. The summed E-state index contributed by atoms with van der Waals surface area (Å²) in [6.07, 6.45) is 2.14. The molecular formula is C10H19ClN2O2S. The molecule has 2 aliphatic heterocycles. The minimum Gasteiger partial charge on any atom is -0.373 e. The van der Waals surface area contributed by atoms with Gasteiger partial charge in [0.05, 0.1) is 11.6 Å². The molecule has 16 heavy (non-hydrogen) atoms. The van der Waals surface area contributed by atoms with Crippen molar-refractivity contribution in [2.45, 2.75) is 31.4 Å². The summed E-state index contributed by atoms with van der Waals surface area (Å²) in [6.45, 7) is 3.52. The van der Waals surface area contributed by atoms with Crippen LogP contribution >= 0.6 is 24.2 Å². The maximum atomic E-state index is 11.7. The van der Waals surface area contributed by atoms with Crippen LogP contribution in [0.15, 0.2) is 0 Å². The van der Waals surface area contributed by atoms with E-state index in [4.69, 9.17) is 4.74 Å². The van der Waals surface area contributed by atoms with Gasteiger partial charge in [-0.3, -0.25) is 10.1 Å². The Morgan fingerprint density at radius 2 is 2.50 bits per heavy atom. The van der Waals surface area contributed by atoms with Crippen molar-refractivity contribution in [1.82, 2.24) is 10.6 Å². The number of thioether (sulfide) groups is 1. The number of amides is 1. The monoisotopic (exact) mass is 266 g/mol. The summed E-state index contributed by atoms with van der Waals surface area (Å²) in [5.74, 6) is 1.87. The fourth-order valence-electron chi connectivity index (χ4n) is 1.94. The lowest BCUT2D eigenvalue weighted by Gasteiger charge is -2.24. The molecule has 2 saturated heterocycles. The molecule has 2 atom stereocenters. The van der Waals surface area contributed by atoms with Gasteiger partial charge in [-0.25, -0.2) is 0 Å². The summed E-state index contributed by atoms with van der Waals surface area (Å²) in [6, 6.07) is -0.0139. The zero-order chi connectivity index (χ0) is 10.7. The van der Waals surface area contributed by atoms with Gasteiger partial charge in [0.2, 0.25) is 5.91 Å². The minimum absolute atomic E-state index is 0. The van der Waals surface area contributed by atoms with Crippen molar-refractivity contribution in [1.29, 1.82) is 0 Å². The molecule has 0 radical (unpaired) electrons. The fourth-order valence-corrected chi connectivity index (χ4v) is 2.88. The van der Waals surface area contributed by atoms with Gasteiger partial charge in [-0.05, 0) is 19.8 Å². The number of hydrogen-bond donors (Lipinski definition) is 2. The van der Waals surface area contributed by atoms with Crippen LogP contribution in [0, 0.1) is 0 Å². The molecule has 0 aliphatic carbocycles. The SMILES string of the molecule is CC1(CNC(=O)C2CSCN2)CCCO1.Cl. The smallest absolute Gasteiger partial charge is 0.238 e. The number of halogens is 1. The van der Waals surface area contributed by atoms with Gasteiger partial charge in [-0.2, -0.15) is 0 Å². The van der Waals surface area contributed by atoms with Crippen LogP contribution < -0.4 is 10.6 Å². The molecule has 0 saturated carbocycles. The van der Waals surface area contributed by atoms with Crippen molar-refractivity contribution < 1.29 is 9.53 Å². The van der Waals surface area contributed by atoms with E-state index in [-0.39, 0.29) is 30.0 Å². The first kappa shape index (κ1) is 14.1. The molecule has 0 aromatic carbocycles. The van der Waals surface area contributed by atoms with E-state index in [1.165, 1.54) is 0 Å². The third kappa shape index (κ3) is 3.52. The minimum atomic E-state index is -0.137. The molecule has 2 N–H and O–H groups in total. The van der Waals surface area contributed by atoms with Crippen LogP contribution in [0.3, 0.4) is 0 Å². The Morgan fingerprint density at radius 1 is 1.69 bits per heavy atom. The molecule has 2 heterocycles. The highest BCUT2D eigenvalue weighted by Gasteiger charge is 2.31. The van der Waals surface area contributed by atoms with Crippen LogP contribution in [0.25, 0.3) is 0 Å². The normalized spacial score (nSPS) is 33.4. The molecule has 0 bridgehead atoms. The summed E-state index contributed by atoms with van der Waals surface area (Å²) < 4.78 is 5.61. The summed E-state index contributed by atoms with van der Waals surface area (Å²) >= 11 is 1.76. The van der Waals surface area contributed by atoms with Crippen LogP contribution in [0.2, 0.25) is 0 Å².